The van der Waals surface area contributed by atoms with E-state index in [9.17, 15) is 8.42 Å². The fraction of sp³-hybridized carbons (Fsp3) is 0.381. The second-order valence-corrected chi connectivity index (χ2v) is 9.38. The van der Waals surface area contributed by atoms with Gasteiger partial charge in [-0.05, 0) is 44.9 Å². The molecular weight excluding hydrogens is 372 g/mol. The lowest BCUT2D eigenvalue weighted by atomic mass is 10.1. The SMILES string of the molecule is CN=C(NCc1ccc(C)cc1)NCc1ccccc1S(=O)(=O)NC(C)(C)C. The van der Waals surface area contributed by atoms with Gasteiger partial charge in [-0.3, -0.25) is 4.99 Å². The summed E-state index contributed by atoms with van der Waals surface area (Å²) in [6, 6.07) is 15.2. The number of sulfonamides is 1. The molecule has 0 unspecified atom stereocenters. The van der Waals surface area contributed by atoms with Crippen LogP contribution in [0.4, 0.5) is 0 Å². The predicted octanol–water partition coefficient (Wildman–Crippen LogP) is 2.94. The van der Waals surface area contributed by atoms with Gasteiger partial charge in [-0.15, -0.1) is 0 Å². The van der Waals surface area contributed by atoms with Gasteiger partial charge in [0.2, 0.25) is 10.0 Å². The molecule has 0 aliphatic heterocycles. The van der Waals surface area contributed by atoms with Crippen molar-refractivity contribution in [1.82, 2.24) is 15.4 Å². The molecule has 28 heavy (non-hydrogen) atoms. The van der Waals surface area contributed by atoms with Crippen LogP contribution < -0.4 is 15.4 Å². The first kappa shape index (κ1) is 21.9. The van der Waals surface area contributed by atoms with Crippen molar-refractivity contribution in [1.29, 1.82) is 0 Å². The topological polar surface area (TPSA) is 82.6 Å². The van der Waals surface area contributed by atoms with Crippen LogP contribution in [0.2, 0.25) is 0 Å². The summed E-state index contributed by atoms with van der Waals surface area (Å²) in [5.41, 5.74) is 2.49. The summed E-state index contributed by atoms with van der Waals surface area (Å²) in [4.78, 5) is 4.49. The number of aliphatic imine (C=N–C) groups is 1. The number of nitrogens with one attached hydrogen (secondary N) is 3. The van der Waals surface area contributed by atoms with Gasteiger partial charge in [0, 0.05) is 25.7 Å². The number of aryl methyl sites for hydroxylation is 1. The van der Waals surface area contributed by atoms with Crippen molar-refractivity contribution in [2.45, 2.75) is 51.2 Å². The van der Waals surface area contributed by atoms with E-state index in [1.54, 1.807) is 25.2 Å². The van der Waals surface area contributed by atoms with Gasteiger partial charge in [0.15, 0.2) is 5.96 Å². The largest absolute Gasteiger partial charge is 0.352 e. The fourth-order valence-corrected chi connectivity index (χ4v) is 4.32. The van der Waals surface area contributed by atoms with E-state index in [1.165, 1.54) is 5.56 Å². The van der Waals surface area contributed by atoms with E-state index in [-0.39, 0.29) is 4.90 Å². The molecule has 152 valence electrons. The van der Waals surface area contributed by atoms with Gasteiger partial charge in [0.05, 0.1) is 4.90 Å². The smallest absolute Gasteiger partial charge is 0.241 e. The minimum atomic E-state index is -3.61. The van der Waals surface area contributed by atoms with Crippen LogP contribution in [0.25, 0.3) is 0 Å². The summed E-state index contributed by atoms with van der Waals surface area (Å²) in [5, 5.41) is 6.44. The Hall–Kier alpha value is -2.38. The third-order valence-corrected chi connectivity index (χ3v) is 5.81. The molecule has 0 radical (unpaired) electrons. The Bertz CT molecular complexity index is 914. The van der Waals surface area contributed by atoms with Gasteiger partial charge in [-0.1, -0.05) is 48.0 Å². The average molecular weight is 403 g/mol. The Morgan fingerprint density at radius 3 is 2.18 bits per heavy atom. The zero-order valence-corrected chi connectivity index (χ0v) is 18.0. The summed E-state index contributed by atoms with van der Waals surface area (Å²) < 4.78 is 28.2. The maximum Gasteiger partial charge on any atom is 0.241 e. The van der Waals surface area contributed by atoms with Gasteiger partial charge in [0.1, 0.15) is 0 Å². The van der Waals surface area contributed by atoms with E-state index in [0.717, 1.165) is 5.56 Å². The molecule has 6 nitrogen and oxygen atoms in total. The van der Waals surface area contributed by atoms with Crippen molar-refractivity contribution in [2.24, 2.45) is 4.99 Å². The molecule has 0 amide bonds. The Balaban J connectivity index is 2.06. The Morgan fingerprint density at radius 2 is 1.57 bits per heavy atom. The Labute approximate surface area is 168 Å². The highest BCUT2D eigenvalue weighted by atomic mass is 32.2. The monoisotopic (exact) mass is 402 g/mol. The number of nitrogens with zero attached hydrogens (tertiary/aromatic N) is 1. The minimum Gasteiger partial charge on any atom is -0.352 e. The fourth-order valence-electron chi connectivity index (χ4n) is 2.66. The highest BCUT2D eigenvalue weighted by Gasteiger charge is 2.24. The van der Waals surface area contributed by atoms with E-state index in [1.807, 2.05) is 26.8 Å². The quantitative estimate of drug-likeness (QED) is 0.512. The van der Waals surface area contributed by atoms with Crippen LogP contribution in [-0.2, 0) is 23.1 Å². The van der Waals surface area contributed by atoms with Gasteiger partial charge in [0.25, 0.3) is 0 Å². The molecule has 0 aliphatic rings. The number of rotatable bonds is 6. The lowest BCUT2D eigenvalue weighted by Gasteiger charge is -2.22. The molecular formula is C21H30N4O2S. The molecule has 2 aromatic carbocycles. The third kappa shape index (κ3) is 6.65. The maximum absolute atomic E-state index is 12.7. The van der Waals surface area contributed by atoms with Crippen LogP contribution in [0.1, 0.15) is 37.5 Å². The Morgan fingerprint density at radius 1 is 0.964 bits per heavy atom. The van der Waals surface area contributed by atoms with Crippen molar-refractivity contribution < 1.29 is 8.42 Å². The normalized spacial score (nSPS) is 12.7. The lowest BCUT2D eigenvalue weighted by Crippen LogP contribution is -2.41. The summed E-state index contributed by atoms with van der Waals surface area (Å²) in [7, 11) is -1.92. The van der Waals surface area contributed by atoms with Gasteiger partial charge >= 0.3 is 0 Å². The molecule has 0 aliphatic carbocycles. The second kappa shape index (κ2) is 9.21. The first-order valence-electron chi connectivity index (χ1n) is 9.23. The molecule has 2 aromatic rings. The van der Waals surface area contributed by atoms with E-state index in [2.05, 4.69) is 51.5 Å². The number of guanidine groups is 1. The van der Waals surface area contributed by atoms with E-state index < -0.39 is 15.6 Å². The molecule has 0 saturated carbocycles. The highest BCUT2D eigenvalue weighted by Crippen LogP contribution is 2.17. The lowest BCUT2D eigenvalue weighted by molar-refractivity contribution is 0.491. The molecule has 0 fully saturated rings. The van der Waals surface area contributed by atoms with Gasteiger partial charge in [-0.25, -0.2) is 13.1 Å². The van der Waals surface area contributed by atoms with Gasteiger partial charge < -0.3 is 10.6 Å². The van der Waals surface area contributed by atoms with Crippen LogP contribution >= 0.6 is 0 Å². The first-order chi connectivity index (χ1) is 13.1. The van der Waals surface area contributed by atoms with E-state index in [0.29, 0.717) is 24.6 Å². The van der Waals surface area contributed by atoms with Crippen molar-refractivity contribution in [2.75, 3.05) is 7.05 Å². The molecule has 0 heterocycles. The predicted molar refractivity (Wildman–Crippen MR) is 115 cm³/mol. The molecule has 0 atom stereocenters. The molecule has 0 spiro atoms. The molecule has 0 saturated heterocycles. The van der Waals surface area contributed by atoms with Gasteiger partial charge in [-0.2, -0.15) is 0 Å². The van der Waals surface area contributed by atoms with E-state index >= 15 is 0 Å². The molecule has 3 N–H and O–H groups in total. The summed E-state index contributed by atoms with van der Waals surface area (Å²) in [6.07, 6.45) is 0. The molecule has 0 aromatic heterocycles. The first-order valence-corrected chi connectivity index (χ1v) is 10.7. The number of benzene rings is 2. The highest BCUT2D eigenvalue weighted by molar-refractivity contribution is 7.89. The van der Waals surface area contributed by atoms with Crippen molar-refractivity contribution in [3.05, 3.63) is 65.2 Å². The van der Waals surface area contributed by atoms with Crippen LogP contribution in [0.3, 0.4) is 0 Å². The van der Waals surface area contributed by atoms with Crippen LogP contribution in [0, 0.1) is 6.92 Å². The summed E-state index contributed by atoms with van der Waals surface area (Å²) in [6.45, 7) is 8.49. The molecule has 0 bridgehead atoms. The summed E-state index contributed by atoms with van der Waals surface area (Å²) in [5.74, 6) is 0.608. The van der Waals surface area contributed by atoms with Crippen molar-refractivity contribution in [3.8, 4) is 0 Å². The summed E-state index contributed by atoms with van der Waals surface area (Å²) >= 11 is 0. The van der Waals surface area contributed by atoms with Crippen LogP contribution in [0.5, 0.6) is 0 Å². The number of hydrogen-bond acceptors (Lipinski definition) is 3. The second-order valence-electron chi connectivity index (χ2n) is 7.73. The maximum atomic E-state index is 12.7. The molecule has 7 heteroatoms. The Kier molecular flexibility index (Phi) is 7.21. The zero-order chi connectivity index (χ0) is 20.8. The van der Waals surface area contributed by atoms with E-state index in [4.69, 9.17) is 0 Å². The average Bonchev–Trinajstić information content (AvgIpc) is 2.61. The van der Waals surface area contributed by atoms with Crippen molar-refractivity contribution >= 4 is 16.0 Å². The molecule has 2 rings (SSSR count). The van der Waals surface area contributed by atoms with Crippen LogP contribution in [0.15, 0.2) is 58.4 Å². The van der Waals surface area contributed by atoms with Crippen molar-refractivity contribution in [3.63, 3.8) is 0 Å². The number of hydrogen-bond donors (Lipinski definition) is 3. The van der Waals surface area contributed by atoms with Crippen LogP contribution in [-0.4, -0.2) is 27.0 Å². The standard InChI is InChI=1S/C21H30N4O2S/c1-16-10-12-17(13-11-16)14-23-20(22-5)24-15-18-8-6-7-9-19(18)28(26,27)25-21(2,3)4/h6-13,25H,14-15H2,1-5H3,(H2,22,23,24). The zero-order valence-electron chi connectivity index (χ0n) is 17.2. The third-order valence-electron chi connectivity index (χ3n) is 3.95. The minimum absolute atomic E-state index is 0.270.